The van der Waals surface area contributed by atoms with Crippen molar-refractivity contribution in [3.05, 3.63) is 34.3 Å². The van der Waals surface area contributed by atoms with Crippen molar-refractivity contribution in [1.82, 2.24) is 54.7 Å². The van der Waals surface area contributed by atoms with E-state index in [0.717, 1.165) is 68.4 Å². The number of halogens is 4. The molecule has 6 rings (SSSR count). The number of nitrogens with one attached hydrogen (secondary N) is 2. The molecule has 5 aliphatic rings. The van der Waals surface area contributed by atoms with Crippen molar-refractivity contribution in [2.45, 2.75) is 230 Å². The summed E-state index contributed by atoms with van der Waals surface area (Å²) < 4.78 is 41.4. The Hall–Kier alpha value is -6.53. The number of likely N-dealkylation sites (N-methyl/N-ethyl adjacent to an activating group) is 7. The SMILES string of the molecule is CCC(C)[C@@H]1NC(=O)[C@H](C)N(C)C(=O)C[C@@H](C)N(C)C(=O)[C@H](C2CCCCC2)N(C)C(=O)C(C)(C)N(C)C(=O)[C@@H]2CCCN2C(=O)[C@H](CCc2ccc(C(F)(F)F)c(Cl)c2)NC(=O)CN(C)C(=O)[C@H](CC2CCCCC2)N(C)C(=O)[C@@H]2CCN2C(=O)[C@H](C)N(C)C1=O. The number of carbonyl (C=O) groups is 11. The molecule has 22 nitrogen and oxygen atoms in total. The van der Waals surface area contributed by atoms with Gasteiger partial charge in [-0.25, -0.2) is 0 Å². The zero-order valence-corrected chi connectivity index (χ0v) is 57.3. The van der Waals surface area contributed by atoms with E-state index in [2.05, 4.69) is 10.6 Å². The molecule has 0 bridgehead atoms. The number of benzene rings is 1. The van der Waals surface area contributed by atoms with Gasteiger partial charge in [-0.05, 0) is 121 Å². The lowest BCUT2D eigenvalue weighted by atomic mass is 9.82. The van der Waals surface area contributed by atoms with Gasteiger partial charge in [0.15, 0.2) is 0 Å². The maximum Gasteiger partial charge on any atom is 0.417 e. The number of rotatable bonds is 8. The minimum Gasteiger partial charge on any atom is -0.343 e. The summed E-state index contributed by atoms with van der Waals surface area (Å²) in [7, 11) is 10.3. The van der Waals surface area contributed by atoms with Crippen LogP contribution in [0.1, 0.15) is 169 Å². The second-order valence-corrected chi connectivity index (χ2v) is 27.7. The Balaban J connectivity index is 1.38. The van der Waals surface area contributed by atoms with E-state index in [1.54, 1.807) is 34.7 Å². The van der Waals surface area contributed by atoms with Gasteiger partial charge in [0.2, 0.25) is 65.0 Å². The molecule has 3 aliphatic heterocycles. The zero-order chi connectivity index (χ0) is 68.6. The Kier molecular flexibility index (Phi) is 25.6. The van der Waals surface area contributed by atoms with Gasteiger partial charge in [-0.1, -0.05) is 89.3 Å². The molecule has 10 atom stereocenters. The van der Waals surface area contributed by atoms with Crippen LogP contribution in [0.3, 0.4) is 0 Å². The smallest absolute Gasteiger partial charge is 0.343 e. The second kappa shape index (κ2) is 31.6. The van der Waals surface area contributed by atoms with Crippen LogP contribution in [0, 0.1) is 17.8 Å². The predicted molar refractivity (Wildman–Crippen MR) is 340 cm³/mol. The zero-order valence-electron chi connectivity index (χ0n) is 56.5. The summed E-state index contributed by atoms with van der Waals surface area (Å²) in [5.41, 5.74) is -2.38. The molecule has 3 saturated heterocycles. The van der Waals surface area contributed by atoms with Crippen LogP contribution in [-0.2, 0) is 65.3 Å². The van der Waals surface area contributed by atoms with Crippen LogP contribution < -0.4 is 10.6 Å². The van der Waals surface area contributed by atoms with E-state index in [1.807, 2.05) is 6.92 Å². The summed E-state index contributed by atoms with van der Waals surface area (Å²) in [5, 5.41) is 5.05. The van der Waals surface area contributed by atoms with Crippen LogP contribution in [-0.4, -0.2) is 238 Å². The largest absolute Gasteiger partial charge is 0.417 e. The molecule has 0 aromatic heterocycles. The van der Waals surface area contributed by atoms with Crippen LogP contribution in [0.4, 0.5) is 13.2 Å². The average molecular weight is 1320 g/mol. The molecule has 0 spiro atoms. The van der Waals surface area contributed by atoms with E-state index in [0.29, 0.717) is 31.2 Å². The van der Waals surface area contributed by atoms with Crippen molar-refractivity contribution in [3.8, 4) is 0 Å². The lowest BCUT2D eigenvalue weighted by Crippen LogP contribution is -2.65. The molecule has 2 aliphatic carbocycles. The van der Waals surface area contributed by atoms with Crippen LogP contribution in [0.5, 0.6) is 0 Å². The Morgan fingerprint density at radius 1 is 0.630 bits per heavy atom. The summed E-state index contributed by atoms with van der Waals surface area (Å²) in [6.45, 7) is 11.1. The number of hydrogen-bond acceptors (Lipinski definition) is 11. The maximum atomic E-state index is 15.1. The molecular formula is C66H101ClF3N11O11. The van der Waals surface area contributed by atoms with E-state index in [1.165, 1.54) is 101 Å². The average Bonchev–Trinajstić information content (AvgIpc) is 1.02. The van der Waals surface area contributed by atoms with Crippen LogP contribution in [0.25, 0.3) is 0 Å². The third-order valence-electron chi connectivity index (χ3n) is 20.9. The Morgan fingerprint density at radius 3 is 1.80 bits per heavy atom. The van der Waals surface area contributed by atoms with Gasteiger partial charge < -0.3 is 54.7 Å². The van der Waals surface area contributed by atoms with Crippen molar-refractivity contribution in [1.29, 1.82) is 0 Å². The van der Waals surface area contributed by atoms with Gasteiger partial charge in [-0.2, -0.15) is 13.2 Å². The fourth-order valence-corrected chi connectivity index (χ4v) is 14.0. The van der Waals surface area contributed by atoms with Gasteiger partial charge in [-0.15, -0.1) is 0 Å². The van der Waals surface area contributed by atoms with Gasteiger partial charge in [0.05, 0.1) is 17.1 Å². The molecule has 2 N–H and O–H groups in total. The lowest BCUT2D eigenvalue weighted by molar-refractivity contribution is -0.160. The maximum absolute atomic E-state index is 15.1. The highest BCUT2D eigenvalue weighted by Crippen LogP contribution is 2.37. The van der Waals surface area contributed by atoms with E-state index in [9.17, 15) is 56.3 Å². The Labute approximate surface area is 546 Å². The number of nitrogens with zero attached hydrogens (tertiary/aromatic N) is 9. The third-order valence-corrected chi connectivity index (χ3v) is 21.2. The second-order valence-electron chi connectivity index (χ2n) is 27.3. The third kappa shape index (κ3) is 17.1. The summed E-state index contributed by atoms with van der Waals surface area (Å²) in [5.74, 6) is -7.17. The van der Waals surface area contributed by atoms with Gasteiger partial charge in [0, 0.05) is 74.9 Å². The topological polar surface area (TPSA) is 241 Å². The number of fused-ring (bicyclic) bond motifs is 2. The summed E-state index contributed by atoms with van der Waals surface area (Å²) >= 11 is 6.13. The quantitative estimate of drug-likeness (QED) is 0.318. The van der Waals surface area contributed by atoms with Crippen molar-refractivity contribution in [3.63, 3.8) is 0 Å². The molecule has 3 heterocycles. The summed E-state index contributed by atoms with van der Waals surface area (Å²) in [6.07, 6.45) is 4.44. The Morgan fingerprint density at radius 2 is 1.23 bits per heavy atom. The van der Waals surface area contributed by atoms with Crippen molar-refractivity contribution < 1.29 is 65.9 Å². The van der Waals surface area contributed by atoms with E-state index in [-0.39, 0.29) is 63.5 Å². The fraction of sp³-hybridized carbons (Fsp3) is 0.742. The molecule has 0 radical (unpaired) electrons. The van der Waals surface area contributed by atoms with Crippen molar-refractivity contribution >= 4 is 76.6 Å². The molecule has 1 unspecified atom stereocenters. The number of alkyl halides is 3. The highest BCUT2D eigenvalue weighted by atomic mass is 35.5. The Bertz CT molecular complexity index is 2890. The van der Waals surface area contributed by atoms with Crippen molar-refractivity contribution in [2.24, 2.45) is 17.8 Å². The minimum atomic E-state index is -4.75. The molecule has 514 valence electrons. The number of aryl methyl sites for hydroxylation is 1. The molecular weight excluding hydrogens is 1220 g/mol. The number of amides is 11. The first-order valence-corrected chi connectivity index (χ1v) is 33.4. The van der Waals surface area contributed by atoms with Crippen LogP contribution in [0.15, 0.2) is 18.2 Å². The number of carbonyl (C=O) groups excluding carboxylic acids is 11. The first-order valence-electron chi connectivity index (χ1n) is 33.0. The van der Waals surface area contributed by atoms with Gasteiger partial charge in [0.25, 0.3) is 0 Å². The molecule has 1 aromatic carbocycles. The van der Waals surface area contributed by atoms with Crippen LogP contribution in [0.2, 0.25) is 5.02 Å². The number of hydrogen-bond donors (Lipinski definition) is 2. The van der Waals surface area contributed by atoms with E-state index >= 15 is 9.59 Å². The monoisotopic (exact) mass is 1320 g/mol. The first kappa shape index (κ1) is 74.5. The fourth-order valence-electron chi connectivity index (χ4n) is 13.7. The molecule has 26 heteroatoms. The molecule has 2 saturated carbocycles. The first-order chi connectivity index (χ1) is 43.1. The summed E-state index contributed by atoms with van der Waals surface area (Å²) in [6, 6.07) is -6.60. The highest BCUT2D eigenvalue weighted by Gasteiger charge is 2.50. The van der Waals surface area contributed by atoms with Crippen molar-refractivity contribution in [2.75, 3.05) is 69.0 Å². The minimum absolute atomic E-state index is 0.0384. The highest BCUT2D eigenvalue weighted by molar-refractivity contribution is 6.31. The summed E-state index contributed by atoms with van der Waals surface area (Å²) in [4.78, 5) is 173. The molecule has 11 amide bonds. The molecule has 92 heavy (non-hydrogen) atoms. The predicted octanol–water partition coefficient (Wildman–Crippen LogP) is 5.74. The van der Waals surface area contributed by atoms with Gasteiger partial charge in [0.1, 0.15) is 53.9 Å². The molecule has 1 aromatic rings. The standard InChI is InChI=1S/C66H101ClF3N11O11/c1-15-39(2)54-62(90)76(11)42(5)57(85)81-34-32-50(81)60(88)77(12)51(37-43-23-18-16-19-24-43)59(87)73(8)38-52(82)71-48(31-29-44-28-30-46(47(67)36-44)66(68,69)70)58(86)80-33-22-27-49(80)61(89)79(14)65(6,7)64(92)78(13)55(45-25-20-17-21-26-45)63(91)74(9)40(3)35-53(83)75(10)41(4)56(84)72-54/h28,30,36,39-43,45,48-51,54-55H,15-27,29,31-35,37-38H2,1-14H3,(H,71,82)(H,72,84)/t39?,40-,41+,42+,48+,49+,50+,51+,54+,55+/m1/s1. The van der Waals surface area contributed by atoms with Gasteiger partial charge >= 0.3 is 6.18 Å². The molecule has 5 fully saturated rings. The van der Waals surface area contributed by atoms with Gasteiger partial charge in [-0.3, -0.25) is 52.7 Å². The lowest BCUT2D eigenvalue weighted by Gasteiger charge is -2.45. The van der Waals surface area contributed by atoms with E-state index < -0.39 is 154 Å². The van der Waals surface area contributed by atoms with E-state index in [4.69, 9.17) is 11.6 Å². The van der Waals surface area contributed by atoms with Crippen LogP contribution >= 0.6 is 11.6 Å². The normalized spacial score (nSPS) is 28.7.